The number of H-pyrrole nitrogens is 1. The molecule has 122 valence electrons. The molecular weight excluding hydrogens is 289 g/mol. The van der Waals surface area contributed by atoms with Crippen molar-refractivity contribution in [2.45, 2.75) is 38.9 Å². The molecule has 1 aromatic heterocycles. The SMILES string of the molecule is CNCC(=Cc1cccc2[nH]cnc12)B1OC(C)(C)C(C)(C)O1. The van der Waals surface area contributed by atoms with Gasteiger partial charge in [0.05, 0.1) is 28.6 Å². The molecule has 1 saturated heterocycles. The number of likely N-dealkylation sites (N-methyl/N-ethyl adjacent to an activating group) is 1. The van der Waals surface area contributed by atoms with E-state index in [0.717, 1.165) is 22.1 Å². The monoisotopic (exact) mass is 313 g/mol. The van der Waals surface area contributed by atoms with Gasteiger partial charge in [0.25, 0.3) is 0 Å². The number of nitrogens with zero attached hydrogens (tertiary/aromatic N) is 1. The Labute approximate surface area is 137 Å². The quantitative estimate of drug-likeness (QED) is 0.852. The molecule has 1 aliphatic rings. The molecule has 0 aliphatic carbocycles. The average molecular weight is 313 g/mol. The summed E-state index contributed by atoms with van der Waals surface area (Å²) in [6, 6.07) is 6.10. The third-order valence-electron chi connectivity index (χ3n) is 4.76. The number of aromatic amines is 1. The van der Waals surface area contributed by atoms with Crippen molar-refractivity contribution >= 4 is 24.2 Å². The van der Waals surface area contributed by atoms with Gasteiger partial charge < -0.3 is 19.6 Å². The maximum atomic E-state index is 6.19. The summed E-state index contributed by atoms with van der Waals surface area (Å²) in [5.74, 6) is 0. The minimum Gasteiger partial charge on any atom is -0.400 e. The van der Waals surface area contributed by atoms with E-state index in [1.165, 1.54) is 0 Å². The molecule has 0 bridgehead atoms. The minimum absolute atomic E-state index is 0.344. The van der Waals surface area contributed by atoms with Crippen LogP contribution in [-0.4, -0.2) is 41.9 Å². The zero-order chi connectivity index (χ0) is 16.7. The van der Waals surface area contributed by atoms with Crippen LogP contribution in [0.1, 0.15) is 33.3 Å². The Hall–Kier alpha value is -1.63. The van der Waals surface area contributed by atoms with Gasteiger partial charge in [-0.1, -0.05) is 18.2 Å². The normalized spacial score (nSPS) is 20.4. The largest absolute Gasteiger partial charge is 0.491 e. The van der Waals surface area contributed by atoms with E-state index in [9.17, 15) is 0 Å². The predicted molar refractivity (Wildman–Crippen MR) is 94.1 cm³/mol. The second-order valence-electron chi connectivity index (χ2n) is 6.98. The Morgan fingerprint density at radius 3 is 2.61 bits per heavy atom. The van der Waals surface area contributed by atoms with Crippen LogP contribution < -0.4 is 5.32 Å². The minimum atomic E-state index is -0.360. The van der Waals surface area contributed by atoms with Gasteiger partial charge in [-0.25, -0.2) is 4.98 Å². The smallest absolute Gasteiger partial charge is 0.400 e. The lowest BCUT2D eigenvalue weighted by Crippen LogP contribution is -2.41. The van der Waals surface area contributed by atoms with Gasteiger partial charge in [-0.2, -0.15) is 0 Å². The number of hydrogen-bond donors (Lipinski definition) is 2. The Morgan fingerprint density at radius 1 is 1.26 bits per heavy atom. The lowest BCUT2D eigenvalue weighted by Gasteiger charge is -2.32. The standard InChI is InChI=1S/C17H24BN3O2/c1-16(2)17(3,4)23-18(22-16)13(10-19-5)9-12-7-6-8-14-15(12)21-11-20-14/h6-9,11,19H,10H2,1-5H3,(H,20,21). The van der Waals surface area contributed by atoms with Gasteiger partial charge in [-0.15, -0.1) is 0 Å². The fourth-order valence-electron chi connectivity index (χ4n) is 2.71. The Balaban J connectivity index is 1.98. The lowest BCUT2D eigenvalue weighted by atomic mass is 9.77. The van der Waals surface area contributed by atoms with Crippen molar-refractivity contribution in [2.24, 2.45) is 0 Å². The van der Waals surface area contributed by atoms with E-state index in [1.54, 1.807) is 6.33 Å². The van der Waals surface area contributed by atoms with Crippen LogP contribution in [0.4, 0.5) is 0 Å². The maximum Gasteiger partial charge on any atom is 0.491 e. The molecule has 5 nitrogen and oxygen atoms in total. The maximum absolute atomic E-state index is 6.19. The topological polar surface area (TPSA) is 59.2 Å². The number of imidazole rings is 1. The summed E-state index contributed by atoms with van der Waals surface area (Å²) in [5.41, 5.74) is 3.41. The van der Waals surface area contributed by atoms with Gasteiger partial charge >= 0.3 is 7.12 Å². The van der Waals surface area contributed by atoms with Crippen LogP contribution in [0, 0.1) is 0 Å². The van der Waals surface area contributed by atoms with Crippen molar-refractivity contribution in [1.82, 2.24) is 15.3 Å². The molecule has 1 aromatic carbocycles. The highest BCUT2D eigenvalue weighted by Gasteiger charge is 2.52. The van der Waals surface area contributed by atoms with E-state index in [2.05, 4.69) is 55.1 Å². The number of benzene rings is 1. The number of rotatable bonds is 4. The highest BCUT2D eigenvalue weighted by molar-refractivity contribution is 6.56. The summed E-state index contributed by atoms with van der Waals surface area (Å²) < 4.78 is 12.4. The van der Waals surface area contributed by atoms with Crippen LogP contribution in [0.2, 0.25) is 0 Å². The van der Waals surface area contributed by atoms with Crippen LogP contribution in [0.25, 0.3) is 17.1 Å². The molecule has 0 saturated carbocycles. The summed E-state index contributed by atoms with van der Waals surface area (Å²) in [6.07, 6.45) is 3.83. The first-order valence-corrected chi connectivity index (χ1v) is 7.97. The van der Waals surface area contributed by atoms with Crippen molar-refractivity contribution in [1.29, 1.82) is 0 Å². The number of para-hydroxylation sites is 1. The van der Waals surface area contributed by atoms with E-state index < -0.39 is 0 Å². The second kappa shape index (κ2) is 5.78. The van der Waals surface area contributed by atoms with E-state index in [1.807, 2.05) is 19.2 Å². The van der Waals surface area contributed by atoms with Gasteiger partial charge in [0, 0.05) is 12.1 Å². The van der Waals surface area contributed by atoms with Gasteiger partial charge in [0.1, 0.15) is 0 Å². The first-order valence-electron chi connectivity index (χ1n) is 7.97. The number of hydrogen-bond acceptors (Lipinski definition) is 4. The molecule has 0 radical (unpaired) electrons. The molecule has 0 amide bonds. The highest BCUT2D eigenvalue weighted by Crippen LogP contribution is 2.38. The van der Waals surface area contributed by atoms with Crippen LogP contribution in [0.5, 0.6) is 0 Å². The molecule has 2 aromatic rings. The summed E-state index contributed by atoms with van der Waals surface area (Å²) >= 11 is 0. The first kappa shape index (κ1) is 16.2. The zero-order valence-electron chi connectivity index (χ0n) is 14.4. The van der Waals surface area contributed by atoms with Crippen molar-refractivity contribution in [2.75, 3.05) is 13.6 Å². The van der Waals surface area contributed by atoms with Gasteiger partial charge in [-0.05, 0) is 46.3 Å². The molecule has 1 fully saturated rings. The predicted octanol–water partition coefficient (Wildman–Crippen LogP) is 2.80. The second-order valence-corrected chi connectivity index (χ2v) is 6.98. The molecule has 0 atom stereocenters. The first-order chi connectivity index (χ1) is 10.8. The van der Waals surface area contributed by atoms with E-state index in [0.29, 0.717) is 6.54 Å². The molecule has 2 N–H and O–H groups in total. The fourth-order valence-corrected chi connectivity index (χ4v) is 2.71. The van der Waals surface area contributed by atoms with Gasteiger partial charge in [0.2, 0.25) is 0 Å². The Bertz CT molecular complexity index is 720. The summed E-state index contributed by atoms with van der Waals surface area (Å²) in [6.45, 7) is 8.96. The molecule has 23 heavy (non-hydrogen) atoms. The van der Waals surface area contributed by atoms with E-state index in [-0.39, 0.29) is 18.3 Å². The zero-order valence-corrected chi connectivity index (χ0v) is 14.4. The van der Waals surface area contributed by atoms with Crippen LogP contribution in [-0.2, 0) is 9.31 Å². The lowest BCUT2D eigenvalue weighted by molar-refractivity contribution is 0.00578. The molecule has 3 rings (SSSR count). The third-order valence-corrected chi connectivity index (χ3v) is 4.76. The molecule has 0 unspecified atom stereocenters. The van der Waals surface area contributed by atoms with Crippen LogP contribution >= 0.6 is 0 Å². The summed E-state index contributed by atoms with van der Waals surface area (Å²) in [7, 11) is 1.57. The molecular formula is C17H24BN3O2. The van der Waals surface area contributed by atoms with Crippen molar-refractivity contribution < 1.29 is 9.31 Å². The van der Waals surface area contributed by atoms with Crippen LogP contribution in [0.3, 0.4) is 0 Å². The summed E-state index contributed by atoms with van der Waals surface area (Å²) in [4.78, 5) is 7.56. The Morgan fingerprint density at radius 2 is 1.96 bits per heavy atom. The number of aromatic nitrogens is 2. The summed E-state index contributed by atoms with van der Waals surface area (Å²) in [5, 5.41) is 3.21. The van der Waals surface area contributed by atoms with E-state index in [4.69, 9.17) is 9.31 Å². The van der Waals surface area contributed by atoms with Crippen molar-refractivity contribution in [3.8, 4) is 0 Å². The number of fused-ring (bicyclic) bond motifs is 1. The molecule has 1 aliphatic heterocycles. The molecule has 2 heterocycles. The Kier molecular flexibility index (Phi) is 4.08. The van der Waals surface area contributed by atoms with Gasteiger partial charge in [0.15, 0.2) is 0 Å². The van der Waals surface area contributed by atoms with E-state index >= 15 is 0 Å². The van der Waals surface area contributed by atoms with Crippen LogP contribution in [0.15, 0.2) is 30.0 Å². The molecule has 6 heteroatoms. The fraction of sp³-hybridized carbons (Fsp3) is 0.471. The molecule has 0 spiro atoms. The highest BCUT2D eigenvalue weighted by atomic mass is 16.7. The van der Waals surface area contributed by atoms with Crippen molar-refractivity contribution in [3.05, 3.63) is 35.6 Å². The average Bonchev–Trinajstić information content (AvgIpc) is 3.02. The van der Waals surface area contributed by atoms with Crippen molar-refractivity contribution in [3.63, 3.8) is 0 Å². The third kappa shape index (κ3) is 2.94. The van der Waals surface area contributed by atoms with Gasteiger partial charge in [-0.3, -0.25) is 0 Å². The number of nitrogens with one attached hydrogen (secondary N) is 2.